The highest BCUT2D eigenvalue weighted by atomic mass is 16.2. The molecule has 0 spiro atoms. The summed E-state index contributed by atoms with van der Waals surface area (Å²) in [5, 5.41) is 17.9. The van der Waals surface area contributed by atoms with Gasteiger partial charge in [0.1, 0.15) is 5.69 Å². The lowest BCUT2D eigenvalue weighted by molar-refractivity contribution is 0.102. The topological polar surface area (TPSA) is 108 Å². The van der Waals surface area contributed by atoms with Crippen molar-refractivity contribution in [1.29, 1.82) is 0 Å². The summed E-state index contributed by atoms with van der Waals surface area (Å²) in [4.78, 5) is 23.5. The molecule has 116 valence electrons. The summed E-state index contributed by atoms with van der Waals surface area (Å²) >= 11 is 0. The summed E-state index contributed by atoms with van der Waals surface area (Å²) < 4.78 is 2.66. The lowest BCUT2D eigenvalue weighted by atomic mass is 10.2. The van der Waals surface area contributed by atoms with Crippen molar-refractivity contribution in [3.63, 3.8) is 0 Å². The van der Waals surface area contributed by atoms with Gasteiger partial charge in [0.25, 0.3) is 11.5 Å². The van der Waals surface area contributed by atoms with E-state index in [9.17, 15) is 9.59 Å². The minimum atomic E-state index is -0.411. The molecule has 1 aromatic carbocycles. The summed E-state index contributed by atoms with van der Waals surface area (Å²) in [5.41, 5.74) is 1.16. The van der Waals surface area contributed by atoms with Crippen molar-refractivity contribution < 1.29 is 4.79 Å². The fourth-order valence-corrected chi connectivity index (χ4v) is 2.00. The van der Waals surface area contributed by atoms with E-state index >= 15 is 0 Å². The average molecular weight is 311 g/mol. The van der Waals surface area contributed by atoms with Crippen LogP contribution in [0.5, 0.6) is 0 Å². The van der Waals surface area contributed by atoms with Gasteiger partial charge in [0.2, 0.25) is 0 Å². The van der Waals surface area contributed by atoms with Crippen molar-refractivity contribution in [2.75, 3.05) is 5.32 Å². The number of carbonyl (C=O) groups excluding carboxylic acids is 1. The van der Waals surface area contributed by atoms with Gasteiger partial charge in [0.05, 0.1) is 5.69 Å². The van der Waals surface area contributed by atoms with E-state index in [0.717, 1.165) is 10.4 Å². The van der Waals surface area contributed by atoms with Crippen LogP contribution in [-0.4, -0.2) is 35.9 Å². The smallest absolute Gasteiger partial charge is 0.276 e. The van der Waals surface area contributed by atoms with E-state index < -0.39 is 5.91 Å². The highest BCUT2D eigenvalue weighted by molar-refractivity contribution is 6.02. The average Bonchev–Trinajstić information content (AvgIpc) is 2.96. The van der Waals surface area contributed by atoms with Crippen LogP contribution in [-0.2, 0) is 7.05 Å². The Kier molecular flexibility index (Phi) is 3.67. The third kappa shape index (κ3) is 2.98. The number of amides is 1. The van der Waals surface area contributed by atoms with Gasteiger partial charge in [-0.3, -0.25) is 9.59 Å². The lowest BCUT2D eigenvalue weighted by Crippen LogP contribution is -2.23. The lowest BCUT2D eigenvalue weighted by Gasteiger charge is -2.07. The molecule has 1 N–H and O–H groups in total. The number of nitrogens with one attached hydrogen (secondary N) is 1. The molecular weight excluding hydrogens is 298 g/mol. The molecule has 0 aliphatic heterocycles. The minimum absolute atomic E-state index is 0.149. The second kappa shape index (κ2) is 5.79. The zero-order chi connectivity index (χ0) is 16.4. The van der Waals surface area contributed by atoms with Crippen LogP contribution < -0.4 is 10.9 Å². The Morgan fingerprint density at radius 1 is 1.22 bits per heavy atom. The number of carbonyl (C=O) groups is 1. The molecule has 0 aliphatic rings. The second-order valence-electron chi connectivity index (χ2n) is 4.82. The van der Waals surface area contributed by atoms with Crippen molar-refractivity contribution in [2.24, 2.45) is 7.05 Å². The molecule has 0 saturated heterocycles. The summed E-state index contributed by atoms with van der Waals surface area (Å²) in [6, 6.07) is 9.76. The van der Waals surface area contributed by atoms with Crippen molar-refractivity contribution in [2.45, 2.75) is 6.92 Å². The first kappa shape index (κ1) is 14.6. The number of aromatic nitrogens is 6. The predicted molar refractivity (Wildman–Crippen MR) is 81.3 cm³/mol. The monoisotopic (exact) mass is 311 g/mol. The zero-order valence-corrected chi connectivity index (χ0v) is 12.5. The summed E-state index contributed by atoms with van der Waals surface area (Å²) in [6.45, 7) is 1.78. The second-order valence-corrected chi connectivity index (χ2v) is 4.82. The van der Waals surface area contributed by atoms with Gasteiger partial charge in [-0.1, -0.05) is 6.07 Å². The van der Waals surface area contributed by atoms with E-state index in [2.05, 4.69) is 25.9 Å². The maximum atomic E-state index is 12.2. The predicted octanol–water partition coefficient (Wildman–Crippen LogP) is 0.317. The number of aryl methyl sites for hydroxylation is 2. The third-order valence-electron chi connectivity index (χ3n) is 3.17. The normalized spacial score (nSPS) is 10.5. The highest BCUT2D eigenvalue weighted by Gasteiger charge is 2.10. The largest absolute Gasteiger partial charge is 0.321 e. The van der Waals surface area contributed by atoms with Gasteiger partial charge in [0.15, 0.2) is 5.82 Å². The van der Waals surface area contributed by atoms with Gasteiger partial charge in [0, 0.05) is 18.8 Å². The van der Waals surface area contributed by atoms with Crippen LogP contribution >= 0.6 is 0 Å². The van der Waals surface area contributed by atoms with E-state index in [0.29, 0.717) is 11.5 Å². The van der Waals surface area contributed by atoms with Crippen molar-refractivity contribution in [1.82, 2.24) is 30.0 Å². The molecule has 1 amide bonds. The molecule has 0 atom stereocenters. The van der Waals surface area contributed by atoms with E-state index in [1.165, 1.54) is 19.2 Å². The van der Waals surface area contributed by atoms with Gasteiger partial charge in [-0.2, -0.15) is 9.78 Å². The SMILES string of the molecule is Cc1nnnn1-c1cccc(NC(=O)c2ccc(=O)n(C)n2)c1. The van der Waals surface area contributed by atoms with Crippen LogP contribution in [0.25, 0.3) is 5.69 Å². The van der Waals surface area contributed by atoms with Crippen LogP contribution in [0.15, 0.2) is 41.2 Å². The van der Waals surface area contributed by atoms with Gasteiger partial charge in [-0.05, 0) is 41.6 Å². The maximum Gasteiger partial charge on any atom is 0.276 e. The van der Waals surface area contributed by atoms with E-state index in [1.54, 1.807) is 29.8 Å². The van der Waals surface area contributed by atoms with E-state index in [4.69, 9.17) is 0 Å². The standard InChI is InChI=1S/C14H13N7O2/c1-9-16-18-19-21(9)11-5-3-4-10(8-11)15-14(23)12-6-7-13(22)20(2)17-12/h3-8H,1-2H3,(H,15,23). The number of hydrogen-bond donors (Lipinski definition) is 1. The number of rotatable bonds is 3. The maximum absolute atomic E-state index is 12.2. The van der Waals surface area contributed by atoms with Crippen LogP contribution in [0.2, 0.25) is 0 Å². The van der Waals surface area contributed by atoms with Gasteiger partial charge in [-0.15, -0.1) is 5.10 Å². The molecule has 2 aromatic heterocycles. The van der Waals surface area contributed by atoms with Crippen molar-refractivity contribution >= 4 is 11.6 Å². The first-order valence-corrected chi connectivity index (χ1v) is 6.76. The fourth-order valence-electron chi connectivity index (χ4n) is 2.00. The van der Waals surface area contributed by atoms with Crippen LogP contribution in [0, 0.1) is 6.92 Å². The molecule has 9 nitrogen and oxygen atoms in total. The Morgan fingerprint density at radius 3 is 2.74 bits per heavy atom. The Labute approximate surface area is 130 Å². The molecule has 0 bridgehead atoms. The third-order valence-corrected chi connectivity index (χ3v) is 3.17. The van der Waals surface area contributed by atoms with Crippen molar-refractivity contribution in [3.8, 4) is 5.69 Å². The summed E-state index contributed by atoms with van der Waals surface area (Å²) in [6.07, 6.45) is 0. The van der Waals surface area contributed by atoms with Gasteiger partial charge >= 0.3 is 0 Å². The molecule has 0 fully saturated rings. The molecule has 23 heavy (non-hydrogen) atoms. The van der Waals surface area contributed by atoms with Crippen molar-refractivity contribution in [3.05, 3.63) is 58.3 Å². The zero-order valence-electron chi connectivity index (χ0n) is 12.5. The molecule has 9 heteroatoms. The summed E-state index contributed by atoms with van der Waals surface area (Å²) in [5.74, 6) is 0.222. The highest BCUT2D eigenvalue weighted by Crippen LogP contribution is 2.15. The minimum Gasteiger partial charge on any atom is -0.321 e. The van der Waals surface area contributed by atoms with Gasteiger partial charge in [-0.25, -0.2) is 4.68 Å². The number of benzene rings is 1. The molecule has 3 rings (SSSR count). The van der Waals surface area contributed by atoms with Crippen LogP contribution in [0.3, 0.4) is 0 Å². The molecule has 0 saturated carbocycles. The molecule has 0 aliphatic carbocycles. The Morgan fingerprint density at radius 2 is 2.04 bits per heavy atom. The first-order chi connectivity index (χ1) is 11.0. The molecular formula is C14H13N7O2. The van der Waals surface area contributed by atoms with Crippen LogP contribution in [0.1, 0.15) is 16.3 Å². The summed E-state index contributed by atoms with van der Waals surface area (Å²) in [7, 11) is 1.49. The quantitative estimate of drug-likeness (QED) is 0.746. The number of anilines is 1. The van der Waals surface area contributed by atoms with E-state index in [1.807, 2.05) is 6.07 Å². The first-order valence-electron chi connectivity index (χ1n) is 6.76. The fraction of sp³-hybridized carbons (Fsp3) is 0.143. The molecule has 0 radical (unpaired) electrons. The number of hydrogen-bond acceptors (Lipinski definition) is 6. The Bertz CT molecular complexity index is 929. The number of nitrogens with zero attached hydrogens (tertiary/aromatic N) is 6. The van der Waals surface area contributed by atoms with E-state index in [-0.39, 0.29) is 11.3 Å². The molecule has 0 unspecified atom stereocenters. The van der Waals surface area contributed by atoms with Crippen LogP contribution in [0.4, 0.5) is 5.69 Å². The Hall–Kier alpha value is -3.36. The number of tetrazole rings is 1. The molecule has 2 heterocycles. The Balaban J connectivity index is 1.85. The van der Waals surface area contributed by atoms with Gasteiger partial charge < -0.3 is 5.32 Å². The molecule has 3 aromatic rings.